The van der Waals surface area contributed by atoms with Crippen LogP contribution in [0.1, 0.15) is 29.5 Å². The topological polar surface area (TPSA) is 65.8 Å². The largest absolute Gasteiger partial charge is 0.449 e. The lowest BCUT2D eigenvalue weighted by atomic mass is 10.2. The molecule has 0 atom stereocenters. The third-order valence-electron chi connectivity index (χ3n) is 5.28. The van der Waals surface area contributed by atoms with Gasteiger partial charge in [-0.1, -0.05) is 49.4 Å². The number of anilines is 1. The molecule has 3 aromatic rings. The number of fused-ring (bicyclic) bond motifs is 1. The average Bonchev–Trinajstić information content (AvgIpc) is 3.13. The highest BCUT2D eigenvalue weighted by Gasteiger charge is 2.28. The summed E-state index contributed by atoms with van der Waals surface area (Å²) in [6.45, 7) is 5.53. The third kappa shape index (κ3) is 4.17. The van der Waals surface area contributed by atoms with Gasteiger partial charge in [0.25, 0.3) is 5.91 Å². The summed E-state index contributed by atoms with van der Waals surface area (Å²) in [6, 6.07) is 17.7. The Bertz CT molecular complexity index is 1000. The highest BCUT2D eigenvalue weighted by Crippen LogP contribution is 2.32. The summed E-state index contributed by atoms with van der Waals surface area (Å²) in [4.78, 5) is 29.3. The summed E-state index contributed by atoms with van der Waals surface area (Å²) in [5.41, 5.74) is 2.35. The predicted molar refractivity (Wildman–Crippen MR) is 113 cm³/mol. The monoisotopic (exact) mass is 391 g/mol. The first-order valence-corrected chi connectivity index (χ1v) is 10.0. The van der Waals surface area contributed by atoms with Crippen molar-refractivity contribution in [1.82, 2.24) is 9.80 Å². The van der Waals surface area contributed by atoms with Crippen LogP contribution < -0.4 is 5.32 Å². The van der Waals surface area contributed by atoms with Crippen LogP contribution in [0.2, 0.25) is 0 Å². The van der Waals surface area contributed by atoms with Crippen LogP contribution in [0.5, 0.6) is 0 Å². The summed E-state index contributed by atoms with van der Waals surface area (Å²) in [7, 11) is 0. The first-order valence-electron chi connectivity index (χ1n) is 10.0. The number of amides is 2. The molecular weight excluding hydrogens is 366 g/mol. The molecule has 1 saturated heterocycles. The number of hydrogen-bond acceptors (Lipinski definition) is 4. The Hall–Kier alpha value is -3.12. The zero-order valence-corrected chi connectivity index (χ0v) is 16.6. The normalized spacial score (nSPS) is 14.9. The van der Waals surface area contributed by atoms with Crippen LogP contribution in [0, 0.1) is 0 Å². The van der Waals surface area contributed by atoms with Crippen molar-refractivity contribution in [2.45, 2.75) is 19.9 Å². The summed E-state index contributed by atoms with van der Waals surface area (Å²) in [5.74, 6) is -0.102. The van der Waals surface area contributed by atoms with E-state index in [1.165, 1.54) is 5.56 Å². The first-order chi connectivity index (χ1) is 14.2. The Kier molecular flexibility index (Phi) is 5.62. The second-order valence-corrected chi connectivity index (χ2v) is 7.26. The zero-order chi connectivity index (χ0) is 20.2. The van der Waals surface area contributed by atoms with E-state index in [0.717, 1.165) is 25.0 Å². The molecule has 0 radical (unpaired) electrons. The second kappa shape index (κ2) is 8.49. The minimum atomic E-state index is -0.174. The van der Waals surface area contributed by atoms with Crippen molar-refractivity contribution in [2.24, 2.45) is 0 Å². The van der Waals surface area contributed by atoms with Gasteiger partial charge >= 0.3 is 0 Å². The molecule has 0 unspecified atom stereocenters. The van der Waals surface area contributed by atoms with Crippen LogP contribution in [-0.2, 0) is 11.3 Å². The van der Waals surface area contributed by atoms with Gasteiger partial charge in [-0.2, -0.15) is 0 Å². The molecule has 1 aromatic heterocycles. The molecule has 2 aromatic carbocycles. The highest BCUT2D eigenvalue weighted by molar-refractivity contribution is 6.10. The molecule has 6 heteroatoms. The number of piperazine rings is 1. The van der Waals surface area contributed by atoms with Gasteiger partial charge in [-0.15, -0.1) is 0 Å². The molecule has 1 fully saturated rings. The van der Waals surface area contributed by atoms with Crippen molar-refractivity contribution in [3.63, 3.8) is 0 Å². The molecule has 0 saturated carbocycles. The molecule has 0 aliphatic carbocycles. The smallest absolute Gasteiger partial charge is 0.291 e. The molecule has 2 heterocycles. The zero-order valence-electron chi connectivity index (χ0n) is 16.6. The van der Waals surface area contributed by atoms with Crippen LogP contribution in [-0.4, -0.2) is 47.8 Å². The molecule has 1 aliphatic rings. The predicted octanol–water partition coefficient (Wildman–Crippen LogP) is 3.74. The van der Waals surface area contributed by atoms with Gasteiger partial charge in [-0.3, -0.25) is 14.5 Å². The van der Waals surface area contributed by atoms with Gasteiger partial charge < -0.3 is 14.6 Å². The molecule has 2 amide bonds. The van der Waals surface area contributed by atoms with Crippen LogP contribution in [0.25, 0.3) is 11.0 Å². The Balaban J connectivity index is 1.49. The summed E-state index contributed by atoms with van der Waals surface area (Å²) in [5, 5.41) is 3.60. The minimum Gasteiger partial charge on any atom is -0.449 e. The number of furan rings is 1. The Morgan fingerprint density at radius 2 is 1.66 bits per heavy atom. The molecule has 1 N–H and O–H groups in total. The number of rotatable bonds is 5. The first kappa shape index (κ1) is 19.2. The highest BCUT2D eigenvalue weighted by atomic mass is 16.3. The van der Waals surface area contributed by atoms with E-state index < -0.39 is 0 Å². The fourth-order valence-electron chi connectivity index (χ4n) is 3.64. The average molecular weight is 391 g/mol. The van der Waals surface area contributed by atoms with Crippen molar-refractivity contribution in [3.8, 4) is 0 Å². The number of para-hydroxylation sites is 1. The van der Waals surface area contributed by atoms with Crippen LogP contribution in [0.15, 0.2) is 59.0 Å². The molecule has 150 valence electrons. The van der Waals surface area contributed by atoms with E-state index in [2.05, 4.69) is 22.3 Å². The van der Waals surface area contributed by atoms with Gasteiger partial charge in [0.05, 0.1) is 0 Å². The minimum absolute atomic E-state index is 0.140. The van der Waals surface area contributed by atoms with E-state index in [0.29, 0.717) is 30.8 Å². The molecule has 4 rings (SSSR count). The van der Waals surface area contributed by atoms with Crippen molar-refractivity contribution < 1.29 is 14.0 Å². The number of carbonyl (C=O) groups excluding carboxylic acids is 2. The van der Waals surface area contributed by atoms with Gasteiger partial charge in [-0.05, 0) is 17.7 Å². The molecule has 1 aliphatic heterocycles. The lowest BCUT2D eigenvalue weighted by Crippen LogP contribution is -2.48. The Labute approximate surface area is 170 Å². The maximum Gasteiger partial charge on any atom is 0.291 e. The maximum absolute atomic E-state index is 13.2. The fourth-order valence-corrected chi connectivity index (χ4v) is 3.64. The van der Waals surface area contributed by atoms with Crippen molar-refractivity contribution >= 4 is 28.5 Å². The summed E-state index contributed by atoms with van der Waals surface area (Å²) < 4.78 is 5.86. The Morgan fingerprint density at radius 1 is 0.966 bits per heavy atom. The van der Waals surface area contributed by atoms with Crippen LogP contribution >= 0.6 is 0 Å². The van der Waals surface area contributed by atoms with Gasteiger partial charge in [-0.25, -0.2) is 0 Å². The fraction of sp³-hybridized carbons (Fsp3) is 0.304. The van der Waals surface area contributed by atoms with E-state index in [-0.39, 0.29) is 17.6 Å². The maximum atomic E-state index is 13.2. The number of carbonyl (C=O) groups is 2. The number of nitrogens with zero attached hydrogens (tertiary/aromatic N) is 2. The molecule has 6 nitrogen and oxygen atoms in total. The molecule has 0 spiro atoms. The molecule has 0 bridgehead atoms. The lowest BCUT2D eigenvalue weighted by molar-refractivity contribution is -0.115. The third-order valence-corrected chi connectivity index (χ3v) is 5.28. The van der Waals surface area contributed by atoms with Gasteiger partial charge in [0, 0.05) is 44.5 Å². The number of benzene rings is 2. The van der Waals surface area contributed by atoms with Gasteiger partial charge in [0.2, 0.25) is 11.7 Å². The quantitative estimate of drug-likeness (QED) is 0.720. The van der Waals surface area contributed by atoms with E-state index in [4.69, 9.17) is 4.42 Å². The van der Waals surface area contributed by atoms with Gasteiger partial charge in [0.15, 0.2) is 0 Å². The van der Waals surface area contributed by atoms with Crippen molar-refractivity contribution in [3.05, 3.63) is 65.9 Å². The summed E-state index contributed by atoms with van der Waals surface area (Å²) in [6.07, 6.45) is 0.339. The standard InChI is InChI=1S/C23H25N3O3/c1-2-20(27)24-21-18-10-6-7-11-19(18)29-22(21)23(28)26-14-12-25(13-15-26)16-17-8-4-3-5-9-17/h3-11H,2,12-16H2,1H3,(H,24,27). The Morgan fingerprint density at radius 3 is 2.38 bits per heavy atom. The van der Waals surface area contributed by atoms with E-state index in [1.54, 1.807) is 11.8 Å². The SMILES string of the molecule is CCC(=O)Nc1c(C(=O)N2CCN(Cc3ccccc3)CC2)oc2ccccc12. The summed E-state index contributed by atoms with van der Waals surface area (Å²) >= 11 is 0. The van der Waals surface area contributed by atoms with Gasteiger partial charge in [0.1, 0.15) is 11.3 Å². The number of nitrogens with one attached hydrogen (secondary N) is 1. The van der Waals surface area contributed by atoms with Crippen molar-refractivity contribution in [1.29, 1.82) is 0 Å². The molecular formula is C23H25N3O3. The second-order valence-electron chi connectivity index (χ2n) is 7.26. The van der Waals surface area contributed by atoms with E-state index in [9.17, 15) is 9.59 Å². The lowest BCUT2D eigenvalue weighted by Gasteiger charge is -2.34. The van der Waals surface area contributed by atoms with Crippen LogP contribution in [0.3, 0.4) is 0 Å². The van der Waals surface area contributed by atoms with E-state index in [1.807, 2.05) is 42.5 Å². The number of hydrogen-bond donors (Lipinski definition) is 1. The van der Waals surface area contributed by atoms with Crippen molar-refractivity contribution in [2.75, 3.05) is 31.5 Å². The van der Waals surface area contributed by atoms with E-state index >= 15 is 0 Å². The van der Waals surface area contributed by atoms with Crippen LogP contribution in [0.4, 0.5) is 5.69 Å². The molecule has 29 heavy (non-hydrogen) atoms.